The summed E-state index contributed by atoms with van der Waals surface area (Å²) in [4.78, 5) is 15.2. The van der Waals surface area contributed by atoms with Crippen LogP contribution in [0.3, 0.4) is 0 Å². The molecule has 1 unspecified atom stereocenters. The Morgan fingerprint density at radius 3 is 2.89 bits per heavy atom. The van der Waals surface area contributed by atoms with Crippen LogP contribution < -0.4 is 25.8 Å². The van der Waals surface area contributed by atoms with Crippen molar-refractivity contribution in [2.75, 3.05) is 20.3 Å². The number of fused-ring (bicyclic) bond motifs is 1. The van der Waals surface area contributed by atoms with Gasteiger partial charge in [0.15, 0.2) is 12.6 Å². The van der Waals surface area contributed by atoms with Crippen LogP contribution in [0, 0.1) is 0 Å². The van der Waals surface area contributed by atoms with Gasteiger partial charge in [-0.05, 0) is 23.8 Å². The molecule has 0 saturated carbocycles. The molecular formula is C20H25IN4O3. The Hall–Kier alpha value is -2.49. The van der Waals surface area contributed by atoms with E-state index in [1.807, 2.05) is 36.4 Å². The van der Waals surface area contributed by atoms with Gasteiger partial charge in [0.1, 0.15) is 11.5 Å². The standard InChI is InChI=1S/C20H24N4O3.HI/c1-22-20(24-17-9-10-26-18-8-3-2-7-16(17)18)23-12-14-5-4-6-15(11-14)27-13-19(21)25;/h2-8,11,17H,9-10,12-13H2,1H3,(H2,21,25)(H2,22,23,24);1H. The van der Waals surface area contributed by atoms with E-state index in [0.717, 1.165) is 23.3 Å². The lowest BCUT2D eigenvalue weighted by atomic mass is 10.0. The highest BCUT2D eigenvalue weighted by Gasteiger charge is 2.21. The Balaban J connectivity index is 0.00000280. The molecule has 2 aromatic carbocycles. The lowest BCUT2D eigenvalue weighted by Gasteiger charge is -2.28. The summed E-state index contributed by atoms with van der Waals surface area (Å²) in [6.45, 7) is 1.10. The molecule has 1 aliphatic rings. The van der Waals surface area contributed by atoms with E-state index in [4.69, 9.17) is 15.2 Å². The van der Waals surface area contributed by atoms with E-state index in [1.165, 1.54) is 0 Å². The molecular weight excluding hydrogens is 471 g/mol. The van der Waals surface area contributed by atoms with E-state index in [1.54, 1.807) is 13.1 Å². The molecule has 1 aliphatic heterocycles. The van der Waals surface area contributed by atoms with Gasteiger partial charge in [0, 0.05) is 25.6 Å². The second-order valence-electron chi connectivity index (χ2n) is 6.20. The van der Waals surface area contributed by atoms with E-state index in [-0.39, 0.29) is 36.6 Å². The number of ether oxygens (including phenoxy) is 2. The van der Waals surface area contributed by atoms with Crippen molar-refractivity contribution in [1.29, 1.82) is 0 Å². The number of nitrogens with two attached hydrogens (primary N) is 1. The second-order valence-corrected chi connectivity index (χ2v) is 6.20. The molecule has 0 radical (unpaired) electrons. The molecule has 1 amide bonds. The van der Waals surface area contributed by atoms with Gasteiger partial charge in [-0.15, -0.1) is 24.0 Å². The van der Waals surface area contributed by atoms with Gasteiger partial charge in [-0.2, -0.15) is 0 Å². The van der Waals surface area contributed by atoms with Gasteiger partial charge in [-0.1, -0.05) is 30.3 Å². The molecule has 0 spiro atoms. The van der Waals surface area contributed by atoms with Crippen LogP contribution in [0.25, 0.3) is 0 Å². The van der Waals surface area contributed by atoms with Crippen molar-refractivity contribution in [3.63, 3.8) is 0 Å². The Labute approximate surface area is 181 Å². The van der Waals surface area contributed by atoms with E-state index < -0.39 is 5.91 Å². The molecule has 150 valence electrons. The molecule has 4 N–H and O–H groups in total. The predicted octanol–water partition coefficient (Wildman–Crippen LogP) is 2.36. The number of nitrogens with one attached hydrogen (secondary N) is 2. The molecule has 7 nitrogen and oxygen atoms in total. The number of hydrogen-bond donors (Lipinski definition) is 3. The van der Waals surface area contributed by atoms with Gasteiger partial charge in [0.2, 0.25) is 0 Å². The zero-order valence-electron chi connectivity index (χ0n) is 15.7. The Morgan fingerprint density at radius 2 is 2.11 bits per heavy atom. The van der Waals surface area contributed by atoms with Crippen LogP contribution in [-0.4, -0.2) is 32.1 Å². The van der Waals surface area contributed by atoms with Gasteiger partial charge < -0.3 is 25.8 Å². The average molecular weight is 496 g/mol. The third-order valence-corrected chi connectivity index (χ3v) is 4.23. The molecule has 0 fully saturated rings. The fraction of sp³-hybridized carbons (Fsp3) is 0.300. The van der Waals surface area contributed by atoms with E-state index in [2.05, 4.69) is 21.7 Å². The van der Waals surface area contributed by atoms with Crippen molar-refractivity contribution in [2.45, 2.75) is 19.0 Å². The van der Waals surface area contributed by atoms with Crippen LogP contribution in [-0.2, 0) is 11.3 Å². The second kappa shape index (κ2) is 10.7. The van der Waals surface area contributed by atoms with Crippen molar-refractivity contribution in [2.24, 2.45) is 10.7 Å². The van der Waals surface area contributed by atoms with Crippen LogP contribution in [0.15, 0.2) is 53.5 Å². The number of nitrogens with zero attached hydrogens (tertiary/aromatic N) is 1. The highest BCUT2D eigenvalue weighted by atomic mass is 127. The quantitative estimate of drug-likeness (QED) is 0.324. The predicted molar refractivity (Wildman–Crippen MR) is 119 cm³/mol. The number of aliphatic imine (C=N–C) groups is 1. The number of carbonyl (C=O) groups is 1. The van der Waals surface area contributed by atoms with Gasteiger partial charge in [-0.3, -0.25) is 9.79 Å². The summed E-state index contributed by atoms with van der Waals surface area (Å²) in [5.41, 5.74) is 7.25. The molecule has 0 aromatic heterocycles. The molecule has 28 heavy (non-hydrogen) atoms. The number of guanidine groups is 1. The van der Waals surface area contributed by atoms with Gasteiger partial charge >= 0.3 is 0 Å². The van der Waals surface area contributed by atoms with E-state index in [9.17, 15) is 4.79 Å². The summed E-state index contributed by atoms with van der Waals surface area (Å²) < 4.78 is 11.0. The van der Waals surface area contributed by atoms with Crippen LogP contribution in [0.1, 0.15) is 23.6 Å². The first kappa shape index (κ1) is 21.8. The normalized spacial score (nSPS) is 15.5. The maximum absolute atomic E-state index is 10.8. The highest BCUT2D eigenvalue weighted by Crippen LogP contribution is 2.31. The molecule has 0 aliphatic carbocycles. The zero-order valence-corrected chi connectivity index (χ0v) is 18.0. The first-order chi connectivity index (χ1) is 13.2. The Morgan fingerprint density at radius 1 is 1.29 bits per heavy atom. The minimum absolute atomic E-state index is 0. The third-order valence-electron chi connectivity index (χ3n) is 4.23. The number of carbonyl (C=O) groups excluding carboxylic acids is 1. The van der Waals surface area contributed by atoms with Crippen molar-refractivity contribution >= 4 is 35.8 Å². The summed E-state index contributed by atoms with van der Waals surface area (Å²) in [5.74, 6) is 1.73. The largest absolute Gasteiger partial charge is 0.493 e. The number of primary amides is 1. The monoisotopic (exact) mass is 496 g/mol. The maximum Gasteiger partial charge on any atom is 0.255 e. The van der Waals surface area contributed by atoms with Crippen LogP contribution in [0.2, 0.25) is 0 Å². The minimum atomic E-state index is -0.500. The summed E-state index contributed by atoms with van der Waals surface area (Å²) in [7, 11) is 1.74. The number of rotatable bonds is 6. The Bertz CT molecular complexity index is 829. The highest BCUT2D eigenvalue weighted by molar-refractivity contribution is 14.0. The van der Waals surface area contributed by atoms with Crippen molar-refractivity contribution in [3.05, 3.63) is 59.7 Å². The molecule has 2 aromatic rings. The number of halogens is 1. The van der Waals surface area contributed by atoms with Crippen molar-refractivity contribution in [1.82, 2.24) is 10.6 Å². The van der Waals surface area contributed by atoms with E-state index in [0.29, 0.717) is 24.9 Å². The third kappa shape index (κ3) is 6.01. The fourth-order valence-electron chi connectivity index (χ4n) is 2.94. The average Bonchev–Trinajstić information content (AvgIpc) is 2.70. The van der Waals surface area contributed by atoms with Gasteiger partial charge in [-0.25, -0.2) is 0 Å². The maximum atomic E-state index is 10.8. The summed E-state index contributed by atoms with van der Waals surface area (Å²) in [6, 6.07) is 15.7. The van der Waals surface area contributed by atoms with Gasteiger partial charge in [0.05, 0.1) is 12.6 Å². The molecule has 1 atom stereocenters. The molecule has 0 saturated heterocycles. The van der Waals surface area contributed by atoms with Gasteiger partial charge in [0.25, 0.3) is 5.91 Å². The molecule has 8 heteroatoms. The Kier molecular flexibility index (Phi) is 8.37. The molecule has 0 bridgehead atoms. The summed E-state index contributed by atoms with van der Waals surface area (Å²) in [6.07, 6.45) is 0.869. The fourth-order valence-corrected chi connectivity index (χ4v) is 2.94. The summed E-state index contributed by atoms with van der Waals surface area (Å²) >= 11 is 0. The number of benzene rings is 2. The molecule has 1 heterocycles. The SMILES string of the molecule is CN=C(NCc1cccc(OCC(N)=O)c1)NC1CCOc2ccccc21.I. The first-order valence-corrected chi connectivity index (χ1v) is 8.84. The van der Waals surface area contributed by atoms with Crippen molar-refractivity contribution < 1.29 is 14.3 Å². The first-order valence-electron chi connectivity index (χ1n) is 8.84. The minimum Gasteiger partial charge on any atom is -0.493 e. The van der Waals surface area contributed by atoms with Crippen LogP contribution in [0.4, 0.5) is 0 Å². The topological polar surface area (TPSA) is 98.0 Å². The number of amides is 1. The van der Waals surface area contributed by atoms with Crippen LogP contribution >= 0.6 is 24.0 Å². The lowest BCUT2D eigenvalue weighted by Crippen LogP contribution is -2.40. The summed E-state index contributed by atoms with van der Waals surface area (Å²) in [5, 5.41) is 6.76. The van der Waals surface area contributed by atoms with E-state index >= 15 is 0 Å². The van der Waals surface area contributed by atoms with Crippen LogP contribution in [0.5, 0.6) is 11.5 Å². The smallest absolute Gasteiger partial charge is 0.255 e. The number of hydrogen-bond acceptors (Lipinski definition) is 4. The lowest BCUT2D eigenvalue weighted by molar-refractivity contribution is -0.119. The van der Waals surface area contributed by atoms with Crippen molar-refractivity contribution in [3.8, 4) is 11.5 Å². The molecule has 3 rings (SSSR count). The number of para-hydroxylation sites is 1. The zero-order chi connectivity index (χ0) is 19.1.